The standard InChI is InChI=1S/C22H24N4O/c1-3-22(27)26-20-6-4-5-16-17(12-24-13-18(16)20)14-7-9-19-15(11-14)8-10-21(23-2)25-19/h7-13,20H,3-6H2,1-2H3,(H,23,25)(H,26,27)/i2D3. The molecule has 1 aromatic carbocycles. The molecule has 2 N–H and O–H groups in total. The molecule has 0 saturated heterocycles. The van der Waals surface area contributed by atoms with E-state index in [2.05, 4.69) is 20.6 Å². The van der Waals surface area contributed by atoms with Gasteiger partial charge < -0.3 is 10.6 Å². The van der Waals surface area contributed by atoms with Crippen LogP contribution in [-0.2, 0) is 11.2 Å². The summed E-state index contributed by atoms with van der Waals surface area (Å²) >= 11 is 0. The second-order valence-corrected chi connectivity index (χ2v) is 6.85. The molecule has 0 aliphatic heterocycles. The van der Waals surface area contributed by atoms with Gasteiger partial charge in [-0.15, -0.1) is 0 Å². The Labute approximate surface area is 163 Å². The molecule has 0 bridgehead atoms. The number of amides is 1. The van der Waals surface area contributed by atoms with Crippen LogP contribution in [0.25, 0.3) is 22.0 Å². The maximum atomic E-state index is 11.9. The van der Waals surface area contributed by atoms with Gasteiger partial charge in [-0.05, 0) is 60.2 Å². The molecule has 0 radical (unpaired) electrons. The Morgan fingerprint density at radius 3 is 3.07 bits per heavy atom. The lowest BCUT2D eigenvalue weighted by atomic mass is 9.84. The van der Waals surface area contributed by atoms with Gasteiger partial charge in [0.1, 0.15) is 5.82 Å². The van der Waals surface area contributed by atoms with Crippen LogP contribution in [0, 0.1) is 0 Å². The van der Waals surface area contributed by atoms with Gasteiger partial charge in [0, 0.05) is 40.9 Å². The van der Waals surface area contributed by atoms with E-state index < -0.39 is 6.98 Å². The van der Waals surface area contributed by atoms with E-state index in [9.17, 15) is 4.79 Å². The minimum absolute atomic E-state index is 0.00397. The van der Waals surface area contributed by atoms with Crippen molar-refractivity contribution >= 4 is 22.6 Å². The highest BCUT2D eigenvalue weighted by molar-refractivity contribution is 5.86. The monoisotopic (exact) mass is 363 g/mol. The van der Waals surface area contributed by atoms with Crippen molar-refractivity contribution in [1.29, 1.82) is 0 Å². The number of carbonyl (C=O) groups excluding carboxylic acids is 1. The zero-order chi connectivity index (χ0) is 21.3. The summed E-state index contributed by atoms with van der Waals surface area (Å²) in [4.78, 5) is 20.8. The molecule has 2 heterocycles. The van der Waals surface area contributed by atoms with Gasteiger partial charge in [-0.3, -0.25) is 9.78 Å². The first kappa shape index (κ1) is 14.2. The van der Waals surface area contributed by atoms with Crippen LogP contribution in [0.1, 0.15) is 47.5 Å². The smallest absolute Gasteiger partial charge is 0.220 e. The van der Waals surface area contributed by atoms with Gasteiger partial charge in [0.25, 0.3) is 0 Å². The van der Waals surface area contributed by atoms with Crippen molar-refractivity contribution in [3.63, 3.8) is 0 Å². The molecule has 1 amide bonds. The summed E-state index contributed by atoms with van der Waals surface area (Å²) in [7, 11) is 0. The SMILES string of the molecule is [2H]C([2H])([2H])Nc1ccc2cc(-c3cncc4c3CCCC4NC(=O)CC)ccc2n1. The molecule has 1 atom stereocenters. The second-order valence-electron chi connectivity index (χ2n) is 6.85. The van der Waals surface area contributed by atoms with E-state index >= 15 is 0 Å². The van der Waals surface area contributed by atoms with Gasteiger partial charge in [0.2, 0.25) is 5.91 Å². The van der Waals surface area contributed by atoms with Gasteiger partial charge >= 0.3 is 0 Å². The lowest BCUT2D eigenvalue weighted by molar-refractivity contribution is -0.121. The highest BCUT2D eigenvalue weighted by Crippen LogP contribution is 2.36. The van der Waals surface area contributed by atoms with Crippen LogP contribution in [0.4, 0.5) is 5.82 Å². The predicted octanol–water partition coefficient (Wildman–Crippen LogP) is 4.24. The minimum Gasteiger partial charge on any atom is -0.373 e. The quantitative estimate of drug-likeness (QED) is 0.727. The molecular weight excluding hydrogens is 336 g/mol. The Balaban J connectivity index is 1.69. The molecule has 27 heavy (non-hydrogen) atoms. The van der Waals surface area contributed by atoms with Crippen LogP contribution < -0.4 is 10.6 Å². The van der Waals surface area contributed by atoms with Crippen molar-refractivity contribution in [1.82, 2.24) is 15.3 Å². The van der Waals surface area contributed by atoms with Crippen LogP contribution in [0.5, 0.6) is 0 Å². The fourth-order valence-electron chi connectivity index (χ4n) is 3.78. The highest BCUT2D eigenvalue weighted by Gasteiger charge is 2.24. The molecule has 3 aromatic rings. The van der Waals surface area contributed by atoms with Gasteiger partial charge in [-0.2, -0.15) is 0 Å². The summed E-state index contributed by atoms with van der Waals surface area (Å²) < 4.78 is 22.0. The lowest BCUT2D eigenvalue weighted by Crippen LogP contribution is -2.30. The van der Waals surface area contributed by atoms with Gasteiger partial charge in [0.05, 0.1) is 11.6 Å². The van der Waals surface area contributed by atoms with Crippen molar-refractivity contribution in [2.45, 2.75) is 38.6 Å². The van der Waals surface area contributed by atoms with E-state index in [1.807, 2.05) is 43.6 Å². The fraction of sp³-hybridized carbons (Fsp3) is 0.318. The fourth-order valence-corrected chi connectivity index (χ4v) is 3.78. The summed E-state index contributed by atoms with van der Waals surface area (Å²) in [6.45, 7) is -0.422. The van der Waals surface area contributed by atoms with Crippen LogP contribution in [-0.4, -0.2) is 22.9 Å². The number of fused-ring (bicyclic) bond motifs is 2. The number of nitrogens with one attached hydrogen (secondary N) is 2. The summed E-state index contributed by atoms with van der Waals surface area (Å²) in [5.74, 6) is 0.375. The molecule has 1 aliphatic rings. The Kier molecular flexibility index (Phi) is 3.85. The zero-order valence-corrected chi connectivity index (χ0v) is 15.2. The van der Waals surface area contributed by atoms with Crippen molar-refractivity contribution in [2.75, 3.05) is 12.3 Å². The number of benzene rings is 1. The molecule has 5 heteroatoms. The Morgan fingerprint density at radius 2 is 2.22 bits per heavy atom. The van der Waals surface area contributed by atoms with E-state index in [0.29, 0.717) is 12.2 Å². The average molecular weight is 363 g/mol. The molecule has 138 valence electrons. The molecule has 2 aromatic heterocycles. The first-order valence-corrected chi connectivity index (χ1v) is 9.29. The van der Waals surface area contributed by atoms with Gasteiger partial charge in [0.15, 0.2) is 0 Å². The van der Waals surface area contributed by atoms with Crippen LogP contribution in [0.2, 0.25) is 0 Å². The van der Waals surface area contributed by atoms with E-state index in [-0.39, 0.29) is 11.9 Å². The number of hydrogen-bond acceptors (Lipinski definition) is 4. The number of hydrogen-bond donors (Lipinski definition) is 2. The normalized spacial score (nSPS) is 18.1. The number of carbonyl (C=O) groups is 1. The first-order chi connectivity index (χ1) is 14.3. The molecule has 1 unspecified atom stereocenters. The van der Waals surface area contributed by atoms with Crippen molar-refractivity contribution in [2.24, 2.45) is 0 Å². The van der Waals surface area contributed by atoms with Crippen molar-refractivity contribution < 1.29 is 8.91 Å². The first-order valence-electron chi connectivity index (χ1n) is 10.8. The van der Waals surface area contributed by atoms with E-state index in [1.54, 1.807) is 6.07 Å². The third kappa shape index (κ3) is 3.37. The number of aromatic nitrogens is 2. The van der Waals surface area contributed by atoms with E-state index in [1.165, 1.54) is 5.56 Å². The van der Waals surface area contributed by atoms with Gasteiger partial charge in [-0.1, -0.05) is 13.0 Å². The second kappa shape index (κ2) is 7.35. The number of nitrogens with zero attached hydrogens (tertiary/aromatic N) is 2. The molecule has 4 rings (SSSR count). The topological polar surface area (TPSA) is 66.9 Å². The summed E-state index contributed by atoms with van der Waals surface area (Å²) in [6.07, 6.45) is 7.09. The van der Waals surface area contributed by atoms with Crippen molar-refractivity contribution in [3.8, 4) is 11.1 Å². The zero-order valence-electron chi connectivity index (χ0n) is 18.2. The van der Waals surface area contributed by atoms with Crippen LogP contribution >= 0.6 is 0 Å². The summed E-state index contributed by atoms with van der Waals surface area (Å²) in [5.41, 5.74) is 5.14. The van der Waals surface area contributed by atoms with E-state index in [0.717, 1.165) is 46.9 Å². The number of pyridine rings is 2. The van der Waals surface area contributed by atoms with E-state index in [4.69, 9.17) is 4.11 Å². The molecular formula is C22H24N4O. The molecule has 0 saturated carbocycles. The summed E-state index contributed by atoms with van der Waals surface area (Å²) in [6, 6.07) is 9.48. The molecule has 1 aliphatic carbocycles. The van der Waals surface area contributed by atoms with Crippen LogP contribution in [0.3, 0.4) is 0 Å². The number of rotatable bonds is 4. The predicted molar refractivity (Wildman–Crippen MR) is 109 cm³/mol. The third-order valence-electron chi connectivity index (χ3n) is 5.17. The van der Waals surface area contributed by atoms with Gasteiger partial charge in [-0.25, -0.2) is 4.98 Å². The Hall–Kier alpha value is -2.95. The maximum Gasteiger partial charge on any atom is 0.220 e. The molecule has 5 nitrogen and oxygen atoms in total. The average Bonchev–Trinajstić information content (AvgIpc) is 2.72. The Morgan fingerprint density at radius 1 is 1.30 bits per heavy atom. The Bertz CT molecular complexity index is 1100. The molecule has 0 spiro atoms. The maximum absolute atomic E-state index is 11.9. The largest absolute Gasteiger partial charge is 0.373 e. The summed E-state index contributed by atoms with van der Waals surface area (Å²) in [5, 5.41) is 6.47. The van der Waals surface area contributed by atoms with Crippen LogP contribution in [0.15, 0.2) is 42.7 Å². The minimum atomic E-state index is -2.28. The third-order valence-corrected chi connectivity index (χ3v) is 5.17. The van der Waals surface area contributed by atoms with Crippen molar-refractivity contribution in [3.05, 3.63) is 53.9 Å². The lowest BCUT2D eigenvalue weighted by Gasteiger charge is -2.27. The number of anilines is 1. The highest BCUT2D eigenvalue weighted by atomic mass is 16.1. The molecule has 0 fully saturated rings.